The summed E-state index contributed by atoms with van der Waals surface area (Å²) in [7, 11) is 1.69. The molecule has 0 aromatic heterocycles. The number of carbonyl (C=O) groups is 1. The molecule has 2 bridgehead atoms. The van der Waals surface area contributed by atoms with Crippen LogP contribution in [0.3, 0.4) is 0 Å². The van der Waals surface area contributed by atoms with Crippen molar-refractivity contribution in [3.05, 3.63) is 29.3 Å². The van der Waals surface area contributed by atoms with Crippen LogP contribution in [0.5, 0.6) is 5.75 Å². The van der Waals surface area contributed by atoms with E-state index >= 15 is 0 Å². The molecule has 1 aromatic carbocycles. The normalized spacial score (nSPS) is 29.9. The lowest BCUT2D eigenvalue weighted by Gasteiger charge is -2.29. The second-order valence-corrected chi connectivity index (χ2v) is 7.54. The van der Waals surface area contributed by atoms with Crippen LogP contribution in [0.1, 0.15) is 43.7 Å². The third-order valence-corrected chi connectivity index (χ3v) is 6.14. The first kappa shape index (κ1) is 14.0. The summed E-state index contributed by atoms with van der Waals surface area (Å²) < 4.78 is 5.38. The Bertz CT molecular complexity index is 526. The van der Waals surface area contributed by atoms with E-state index in [0.717, 1.165) is 31.4 Å². The predicted molar refractivity (Wildman–Crippen MR) is 83.8 cm³/mol. The highest BCUT2D eigenvalue weighted by Crippen LogP contribution is 2.42. The molecule has 20 heavy (non-hydrogen) atoms. The largest absolute Gasteiger partial charge is 0.497 e. The molecule has 2 aliphatic rings. The van der Waals surface area contributed by atoms with E-state index < -0.39 is 0 Å². The van der Waals surface area contributed by atoms with Gasteiger partial charge < -0.3 is 4.74 Å². The van der Waals surface area contributed by atoms with E-state index in [0.29, 0.717) is 11.0 Å². The van der Waals surface area contributed by atoms with Gasteiger partial charge in [0.05, 0.1) is 12.5 Å². The van der Waals surface area contributed by atoms with E-state index in [9.17, 15) is 4.79 Å². The Morgan fingerprint density at radius 2 is 2.15 bits per heavy atom. The summed E-state index contributed by atoms with van der Waals surface area (Å²) in [4.78, 5) is 12.8. The summed E-state index contributed by atoms with van der Waals surface area (Å²) in [5, 5.41) is 0.453. The van der Waals surface area contributed by atoms with Gasteiger partial charge in [-0.2, -0.15) is 11.8 Å². The molecular formula is C17H22O2S. The van der Waals surface area contributed by atoms with Crippen molar-refractivity contribution >= 4 is 17.5 Å². The first-order chi connectivity index (χ1) is 9.63. The Labute approximate surface area is 125 Å². The van der Waals surface area contributed by atoms with Crippen LogP contribution in [-0.2, 0) is 16.6 Å². The summed E-state index contributed by atoms with van der Waals surface area (Å²) in [5.74, 6) is 2.48. The molecular weight excluding hydrogens is 268 g/mol. The van der Waals surface area contributed by atoms with Crippen LogP contribution >= 0.6 is 11.8 Å². The van der Waals surface area contributed by atoms with Crippen molar-refractivity contribution in [1.29, 1.82) is 0 Å². The molecule has 1 aliphatic heterocycles. The molecule has 0 spiro atoms. The minimum atomic E-state index is -0.316. The minimum Gasteiger partial charge on any atom is -0.497 e. The molecule has 1 saturated heterocycles. The van der Waals surface area contributed by atoms with Gasteiger partial charge in [-0.1, -0.05) is 12.5 Å². The fourth-order valence-electron chi connectivity index (χ4n) is 3.50. The first-order valence-electron chi connectivity index (χ1n) is 7.46. The Morgan fingerprint density at radius 1 is 1.30 bits per heavy atom. The summed E-state index contributed by atoms with van der Waals surface area (Å²) in [5.41, 5.74) is 2.24. The molecule has 1 aliphatic carbocycles. The lowest BCUT2D eigenvalue weighted by atomic mass is 9.73. The van der Waals surface area contributed by atoms with Crippen LogP contribution in [0.2, 0.25) is 0 Å². The van der Waals surface area contributed by atoms with Gasteiger partial charge in [0.1, 0.15) is 11.5 Å². The smallest absolute Gasteiger partial charge is 0.144 e. The molecule has 1 fully saturated rings. The fourth-order valence-corrected chi connectivity index (χ4v) is 4.77. The molecule has 2 atom stereocenters. The summed E-state index contributed by atoms with van der Waals surface area (Å²) in [6, 6.07) is 6.30. The highest BCUT2D eigenvalue weighted by molar-refractivity contribution is 7.99. The van der Waals surface area contributed by atoms with Gasteiger partial charge in [-0.25, -0.2) is 0 Å². The molecule has 108 valence electrons. The highest BCUT2D eigenvalue weighted by Gasteiger charge is 2.40. The number of benzene rings is 1. The summed E-state index contributed by atoms with van der Waals surface area (Å²) in [6.45, 7) is 2.14. The summed E-state index contributed by atoms with van der Waals surface area (Å²) >= 11 is 1.99. The topological polar surface area (TPSA) is 26.3 Å². The van der Waals surface area contributed by atoms with Gasteiger partial charge in [-0.05, 0) is 55.2 Å². The molecule has 1 heterocycles. The number of hydrogen-bond donors (Lipinski definition) is 0. The number of rotatable bonds is 1. The van der Waals surface area contributed by atoms with E-state index in [2.05, 4.69) is 19.1 Å². The van der Waals surface area contributed by atoms with Crippen LogP contribution in [-0.4, -0.2) is 23.9 Å². The average Bonchev–Trinajstić information content (AvgIpc) is 2.50. The molecule has 3 rings (SSSR count). The van der Waals surface area contributed by atoms with Crippen LogP contribution in [0.4, 0.5) is 0 Å². The molecule has 0 saturated carbocycles. The first-order valence-corrected chi connectivity index (χ1v) is 8.50. The van der Waals surface area contributed by atoms with E-state index in [-0.39, 0.29) is 5.41 Å². The maximum Gasteiger partial charge on any atom is 0.144 e. The Morgan fingerprint density at radius 3 is 2.95 bits per heavy atom. The van der Waals surface area contributed by atoms with Crippen LogP contribution in [0.25, 0.3) is 0 Å². The van der Waals surface area contributed by atoms with Crippen molar-refractivity contribution < 1.29 is 9.53 Å². The number of fused-ring (bicyclic) bond motifs is 5. The zero-order chi connectivity index (χ0) is 14.2. The van der Waals surface area contributed by atoms with Crippen LogP contribution < -0.4 is 4.74 Å². The zero-order valence-corrected chi connectivity index (χ0v) is 13.1. The predicted octanol–water partition coefficient (Wildman–Crippen LogP) is 3.75. The second-order valence-electron chi connectivity index (χ2n) is 6.14. The standard InChI is InChI=1S/C17H22O2S/c1-17-7-3-4-8-20-14(11-16(17)18)9-12-5-6-13(19-2)10-15(12)17/h5-6,10,14H,3-4,7-9,11H2,1-2H3. The van der Waals surface area contributed by atoms with Crippen LogP contribution in [0, 0.1) is 0 Å². The lowest BCUT2D eigenvalue weighted by molar-refractivity contribution is -0.124. The van der Waals surface area contributed by atoms with Crippen molar-refractivity contribution in [2.75, 3.05) is 12.9 Å². The zero-order valence-electron chi connectivity index (χ0n) is 12.3. The monoisotopic (exact) mass is 290 g/mol. The van der Waals surface area contributed by atoms with E-state index in [1.165, 1.54) is 23.3 Å². The molecule has 1 aromatic rings. The van der Waals surface area contributed by atoms with Crippen molar-refractivity contribution in [3.8, 4) is 5.75 Å². The summed E-state index contributed by atoms with van der Waals surface area (Å²) in [6.07, 6.45) is 5.07. The maximum atomic E-state index is 12.8. The quantitative estimate of drug-likeness (QED) is 0.788. The highest BCUT2D eigenvalue weighted by atomic mass is 32.2. The van der Waals surface area contributed by atoms with E-state index in [1.807, 2.05) is 17.8 Å². The third kappa shape index (κ3) is 2.37. The van der Waals surface area contributed by atoms with Gasteiger partial charge in [0.15, 0.2) is 0 Å². The number of ketones is 1. The molecule has 0 N–H and O–H groups in total. The number of Topliss-reactive ketones (excluding diaryl/α,β-unsaturated/α-hetero) is 1. The van der Waals surface area contributed by atoms with Gasteiger partial charge in [0, 0.05) is 11.7 Å². The lowest BCUT2D eigenvalue weighted by Crippen LogP contribution is -2.32. The molecule has 0 radical (unpaired) electrons. The number of carbonyl (C=O) groups excluding carboxylic acids is 1. The Hall–Kier alpha value is -0.960. The van der Waals surface area contributed by atoms with Gasteiger partial charge in [-0.15, -0.1) is 0 Å². The maximum absolute atomic E-state index is 12.8. The number of ether oxygens (including phenoxy) is 1. The van der Waals surface area contributed by atoms with Crippen molar-refractivity contribution in [1.82, 2.24) is 0 Å². The molecule has 2 unspecified atom stereocenters. The minimum absolute atomic E-state index is 0.316. The Balaban J connectivity index is 2.14. The van der Waals surface area contributed by atoms with E-state index in [1.54, 1.807) is 7.11 Å². The van der Waals surface area contributed by atoms with Gasteiger partial charge in [0.2, 0.25) is 0 Å². The van der Waals surface area contributed by atoms with Gasteiger partial charge in [-0.3, -0.25) is 4.79 Å². The number of hydrogen-bond acceptors (Lipinski definition) is 3. The van der Waals surface area contributed by atoms with Crippen molar-refractivity contribution in [2.24, 2.45) is 0 Å². The van der Waals surface area contributed by atoms with Crippen molar-refractivity contribution in [3.63, 3.8) is 0 Å². The molecule has 2 nitrogen and oxygen atoms in total. The van der Waals surface area contributed by atoms with Crippen LogP contribution in [0.15, 0.2) is 18.2 Å². The average molecular weight is 290 g/mol. The van der Waals surface area contributed by atoms with Gasteiger partial charge >= 0.3 is 0 Å². The second kappa shape index (κ2) is 5.44. The third-order valence-electron chi connectivity index (χ3n) is 4.81. The fraction of sp³-hybridized carbons (Fsp3) is 0.588. The van der Waals surface area contributed by atoms with Gasteiger partial charge in [0.25, 0.3) is 0 Å². The Kier molecular flexibility index (Phi) is 3.80. The van der Waals surface area contributed by atoms with Crippen molar-refractivity contribution in [2.45, 2.75) is 49.7 Å². The molecule has 0 amide bonds. The molecule has 3 heteroatoms. The number of thioether (sulfide) groups is 1. The van der Waals surface area contributed by atoms with E-state index in [4.69, 9.17) is 4.74 Å². The SMILES string of the molecule is COc1ccc2c(c1)C1(C)CCCCSC(CC1=O)C2. The number of methoxy groups -OCH3 is 1.